The monoisotopic (exact) mass is 287 g/mol. The van der Waals surface area contributed by atoms with E-state index >= 15 is 0 Å². The first-order valence-electron chi connectivity index (χ1n) is 6.40. The van der Waals surface area contributed by atoms with E-state index in [1.54, 1.807) is 6.08 Å². The molecule has 0 aliphatic carbocycles. The van der Waals surface area contributed by atoms with Crippen LogP contribution in [0.25, 0.3) is 6.08 Å². The Balaban J connectivity index is 3.14. The highest BCUT2D eigenvalue weighted by atomic mass is 19.4. The summed E-state index contributed by atoms with van der Waals surface area (Å²) in [6.45, 7) is 6.31. The molecule has 0 atom stereocenters. The Bertz CT molecular complexity index is 473. The second-order valence-electron chi connectivity index (χ2n) is 5.57. The molecule has 5 heteroatoms. The fourth-order valence-corrected chi connectivity index (χ4v) is 1.66. The minimum atomic E-state index is -4.69. The lowest BCUT2D eigenvalue weighted by molar-refractivity contribution is -0.274. The highest BCUT2D eigenvalue weighted by Gasteiger charge is 2.31. The van der Waals surface area contributed by atoms with Gasteiger partial charge < -0.3 is 10.5 Å². The molecule has 20 heavy (non-hydrogen) atoms. The van der Waals surface area contributed by atoms with Gasteiger partial charge in [0.2, 0.25) is 0 Å². The molecule has 0 unspecified atom stereocenters. The minimum absolute atomic E-state index is 0.197. The molecule has 1 rings (SSSR count). The summed E-state index contributed by atoms with van der Waals surface area (Å²) >= 11 is 0. The fourth-order valence-electron chi connectivity index (χ4n) is 1.66. The van der Waals surface area contributed by atoms with Gasteiger partial charge in [0.15, 0.2) is 0 Å². The summed E-state index contributed by atoms with van der Waals surface area (Å²) in [7, 11) is 0. The average Bonchev–Trinajstić information content (AvgIpc) is 2.25. The van der Waals surface area contributed by atoms with Crippen molar-refractivity contribution in [1.29, 1.82) is 0 Å². The number of alkyl halides is 3. The summed E-state index contributed by atoms with van der Waals surface area (Å²) in [5.74, 6) is -0.197. The Morgan fingerprint density at radius 1 is 1.15 bits per heavy atom. The van der Waals surface area contributed by atoms with E-state index in [1.807, 2.05) is 32.9 Å². The fraction of sp³-hybridized carbons (Fsp3) is 0.467. The van der Waals surface area contributed by atoms with Crippen LogP contribution in [0.15, 0.2) is 24.3 Å². The molecule has 0 aromatic heterocycles. The van der Waals surface area contributed by atoms with Crippen LogP contribution in [0.2, 0.25) is 0 Å². The van der Waals surface area contributed by atoms with E-state index in [0.717, 1.165) is 5.56 Å². The lowest BCUT2D eigenvalue weighted by Gasteiger charge is -2.21. The van der Waals surface area contributed by atoms with Crippen LogP contribution in [0.1, 0.15) is 38.3 Å². The van der Waals surface area contributed by atoms with Crippen LogP contribution in [0.5, 0.6) is 5.75 Å². The topological polar surface area (TPSA) is 35.2 Å². The summed E-state index contributed by atoms with van der Waals surface area (Å²) in [6.07, 6.45) is -0.422. The Hall–Kier alpha value is -1.49. The molecule has 0 spiro atoms. The van der Waals surface area contributed by atoms with E-state index in [4.69, 9.17) is 5.73 Å². The second kappa shape index (κ2) is 6.31. The Morgan fingerprint density at radius 2 is 1.80 bits per heavy atom. The SMILES string of the molecule is CC(C)(C)c1cc(/C=C/CCN)cc(OC(F)(F)F)c1. The maximum absolute atomic E-state index is 12.4. The molecule has 0 aliphatic heterocycles. The van der Waals surface area contributed by atoms with Crippen molar-refractivity contribution in [3.63, 3.8) is 0 Å². The molecule has 0 saturated heterocycles. The summed E-state index contributed by atoms with van der Waals surface area (Å²) < 4.78 is 41.1. The molecule has 0 fully saturated rings. The minimum Gasteiger partial charge on any atom is -0.406 e. The number of benzene rings is 1. The molecule has 1 aromatic rings. The number of ether oxygens (including phenoxy) is 1. The number of halogens is 3. The molecule has 0 radical (unpaired) electrons. The van der Waals surface area contributed by atoms with Gasteiger partial charge in [0.1, 0.15) is 5.75 Å². The molecule has 2 nitrogen and oxygen atoms in total. The number of hydrogen-bond acceptors (Lipinski definition) is 2. The van der Waals surface area contributed by atoms with Crippen molar-refractivity contribution >= 4 is 6.08 Å². The Morgan fingerprint density at radius 3 is 2.30 bits per heavy atom. The van der Waals surface area contributed by atoms with E-state index in [-0.39, 0.29) is 11.2 Å². The highest BCUT2D eigenvalue weighted by molar-refractivity contribution is 5.54. The van der Waals surface area contributed by atoms with Crippen LogP contribution in [0.4, 0.5) is 13.2 Å². The molecular formula is C15H20F3NO. The molecular weight excluding hydrogens is 267 g/mol. The van der Waals surface area contributed by atoms with Crippen LogP contribution in [-0.2, 0) is 5.41 Å². The second-order valence-corrected chi connectivity index (χ2v) is 5.57. The Kier molecular flexibility index (Phi) is 5.22. The van der Waals surface area contributed by atoms with Crippen molar-refractivity contribution in [1.82, 2.24) is 0 Å². The highest BCUT2D eigenvalue weighted by Crippen LogP contribution is 2.31. The maximum atomic E-state index is 12.4. The van der Waals surface area contributed by atoms with Gasteiger partial charge in [-0.3, -0.25) is 0 Å². The molecule has 1 aromatic carbocycles. The summed E-state index contributed by atoms with van der Waals surface area (Å²) in [5, 5.41) is 0. The molecule has 0 heterocycles. The van der Waals surface area contributed by atoms with E-state index in [0.29, 0.717) is 18.5 Å². The third-order valence-corrected chi connectivity index (χ3v) is 2.67. The zero-order valence-electron chi connectivity index (χ0n) is 11.9. The maximum Gasteiger partial charge on any atom is 0.573 e. The molecule has 0 aliphatic rings. The van der Waals surface area contributed by atoms with Gasteiger partial charge in [-0.2, -0.15) is 0 Å². The molecule has 0 saturated carbocycles. The number of hydrogen-bond donors (Lipinski definition) is 1. The average molecular weight is 287 g/mol. The van der Waals surface area contributed by atoms with Crippen molar-refractivity contribution in [3.8, 4) is 5.75 Å². The van der Waals surface area contributed by atoms with E-state index in [9.17, 15) is 13.2 Å². The summed E-state index contributed by atoms with van der Waals surface area (Å²) in [6, 6.07) is 4.65. The van der Waals surface area contributed by atoms with Gasteiger partial charge in [0.25, 0.3) is 0 Å². The van der Waals surface area contributed by atoms with Gasteiger partial charge in [-0.25, -0.2) is 0 Å². The van der Waals surface area contributed by atoms with Gasteiger partial charge >= 0.3 is 6.36 Å². The van der Waals surface area contributed by atoms with E-state index in [1.165, 1.54) is 12.1 Å². The van der Waals surface area contributed by atoms with Crippen molar-refractivity contribution in [3.05, 3.63) is 35.4 Å². The van der Waals surface area contributed by atoms with Crippen molar-refractivity contribution in [2.45, 2.75) is 39.0 Å². The molecule has 0 bridgehead atoms. The van der Waals surface area contributed by atoms with Gasteiger partial charge in [-0.15, -0.1) is 13.2 Å². The summed E-state index contributed by atoms with van der Waals surface area (Å²) in [5.41, 5.74) is 6.57. The van der Waals surface area contributed by atoms with Crippen molar-refractivity contribution in [2.75, 3.05) is 6.54 Å². The zero-order valence-corrected chi connectivity index (χ0v) is 11.9. The smallest absolute Gasteiger partial charge is 0.406 e. The van der Waals surface area contributed by atoms with Crippen LogP contribution >= 0.6 is 0 Å². The van der Waals surface area contributed by atoms with Crippen molar-refractivity contribution in [2.24, 2.45) is 5.73 Å². The normalized spacial score (nSPS) is 12.9. The first kappa shape index (κ1) is 16.6. The standard InChI is InChI=1S/C15H20F3NO/c1-14(2,3)12-8-11(6-4-5-7-19)9-13(10-12)20-15(16,17)18/h4,6,8-10H,5,7,19H2,1-3H3/b6-4+. The zero-order chi connectivity index (χ0) is 15.4. The van der Waals surface area contributed by atoms with E-state index in [2.05, 4.69) is 4.74 Å². The van der Waals surface area contributed by atoms with Crippen LogP contribution in [-0.4, -0.2) is 12.9 Å². The lowest BCUT2D eigenvalue weighted by Crippen LogP contribution is -2.18. The molecule has 2 N–H and O–H groups in total. The van der Waals surface area contributed by atoms with Gasteiger partial charge in [0.05, 0.1) is 0 Å². The quantitative estimate of drug-likeness (QED) is 0.898. The predicted octanol–water partition coefficient (Wildman–Crippen LogP) is 4.24. The van der Waals surface area contributed by atoms with Gasteiger partial charge in [0, 0.05) is 0 Å². The van der Waals surface area contributed by atoms with Crippen molar-refractivity contribution < 1.29 is 17.9 Å². The van der Waals surface area contributed by atoms with Crippen LogP contribution < -0.4 is 10.5 Å². The van der Waals surface area contributed by atoms with Gasteiger partial charge in [-0.1, -0.05) is 39.0 Å². The van der Waals surface area contributed by atoms with E-state index < -0.39 is 6.36 Å². The Labute approximate surface area is 117 Å². The largest absolute Gasteiger partial charge is 0.573 e. The third-order valence-electron chi connectivity index (χ3n) is 2.67. The molecule has 112 valence electrons. The summed E-state index contributed by atoms with van der Waals surface area (Å²) in [4.78, 5) is 0. The number of nitrogens with two attached hydrogens (primary N) is 1. The lowest BCUT2D eigenvalue weighted by atomic mass is 9.86. The van der Waals surface area contributed by atoms with Gasteiger partial charge in [-0.05, 0) is 41.6 Å². The first-order chi connectivity index (χ1) is 9.12. The molecule has 0 amide bonds. The first-order valence-corrected chi connectivity index (χ1v) is 6.40. The van der Waals surface area contributed by atoms with Crippen LogP contribution in [0, 0.1) is 0 Å². The van der Waals surface area contributed by atoms with Crippen LogP contribution in [0.3, 0.4) is 0 Å². The number of rotatable bonds is 4. The third kappa shape index (κ3) is 5.65. The predicted molar refractivity (Wildman–Crippen MR) is 74.5 cm³/mol.